The Morgan fingerprint density at radius 2 is 1.76 bits per heavy atom. The van der Waals surface area contributed by atoms with E-state index in [2.05, 4.69) is 5.32 Å². The van der Waals surface area contributed by atoms with Gasteiger partial charge in [-0.1, -0.05) is 26.0 Å². The quantitative estimate of drug-likeness (QED) is 0.747. The number of amides is 1. The number of nitrogens with one attached hydrogen (secondary N) is 1. The maximum absolute atomic E-state index is 11.7. The minimum absolute atomic E-state index is 0.269. The van der Waals surface area contributed by atoms with Gasteiger partial charge in [0, 0.05) is 0 Å². The first-order valence-electron chi connectivity index (χ1n) is 6.80. The smallest absolute Gasteiger partial charge is 0.258 e. The molecule has 0 saturated heterocycles. The van der Waals surface area contributed by atoms with Gasteiger partial charge in [0.1, 0.15) is 0 Å². The first kappa shape index (κ1) is 16.8. The number of carbonyl (C=O) groups excluding carboxylic acids is 2. The predicted molar refractivity (Wildman–Crippen MR) is 74.9 cm³/mol. The van der Waals surface area contributed by atoms with Gasteiger partial charge in [0.15, 0.2) is 18.1 Å². The summed E-state index contributed by atoms with van der Waals surface area (Å²) in [5.74, 6) is -1.14. The second-order valence-electron chi connectivity index (χ2n) is 4.78. The monoisotopic (exact) mass is 294 g/mol. The van der Waals surface area contributed by atoms with Gasteiger partial charge in [-0.3, -0.25) is 4.79 Å². The molecule has 1 aromatic rings. The third-order valence-electron chi connectivity index (χ3n) is 2.74. The molecule has 21 heavy (non-hydrogen) atoms. The average molecular weight is 294 g/mol. The highest BCUT2D eigenvalue weighted by molar-refractivity contribution is 5.83. The molecule has 1 N–H and O–H groups in total. The summed E-state index contributed by atoms with van der Waals surface area (Å²) in [6.07, 6.45) is 0. The van der Waals surface area contributed by atoms with Gasteiger partial charge in [0.25, 0.3) is 5.91 Å². The lowest BCUT2D eigenvalue weighted by atomic mass is 10.1. The fraction of sp³-hybridized carbons (Fsp3) is 0.467. The molecule has 0 radical (unpaired) electrons. The van der Waals surface area contributed by atoms with Gasteiger partial charge in [-0.15, -0.1) is 0 Å². The molecule has 0 aliphatic rings. The minimum atomic E-state index is -1.31. The lowest BCUT2D eigenvalue weighted by molar-refractivity contribution is -0.309. The van der Waals surface area contributed by atoms with Gasteiger partial charge in [0.2, 0.25) is 0 Å². The number of carbonyl (C=O) groups is 2. The van der Waals surface area contributed by atoms with Gasteiger partial charge < -0.3 is 24.7 Å². The molecule has 0 spiro atoms. The van der Waals surface area contributed by atoms with Crippen LogP contribution in [0, 0.1) is 5.92 Å². The van der Waals surface area contributed by atoms with E-state index in [1.54, 1.807) is 38.1 Å². The summed E-state index contributed by atoms with van der Waals surface area (Å²) in [5.41, 5.74) is 0. The van der Waals surface area contributed by atoms with E-state index in [1.807, 2.05) is 6.92 Å². The van der Waals surface area contributed by atoms with E-state index in [9.17, 15) is 14.7 Å². The molecular formula is C15H20NO5-. The van der Waals surface area contributed by atoms with Crippen molar-refractivity contribution < 1.29 is 24.2 Å². The number of aliphatic carboxylic acids is 1. The van der Waals surface area contributed by atoms with Crippen LogP contribution in [0.3, 0.4) is 0 Å². The zero-order chi connectivity index (χ0) is 15.8. The highest BCUT2D eigenvalue weighted by Crippen LogP contribution is 2.26. The molecule has 0 bridgehead atoms. The molecular weight excluding hydrogens is 274 g/mol. The minimum Gasteiger partial charge on any atom is -0.548 e. The number of carboxylic acids is 1. The SMILES string of the molecule is CCOc1ccccc1OCC(=O)N[C@@H](C(=O)[O-])C(C)C. The molecule has 1 amide bonds. The van der Waals surface area contributed by atoms with Crippen molar-refractivity contribution in [1.82, 2.24) is 5.32 Å². The lowest BCUT2D eigenvalue weighted by Gasteiger charge is -2.23. The molecule has 0 aromatic heterocycles. The Morgan fingerprint density at radius 3 is 2.24 bits per heavy atom. The van der Waals surface area contributed by atoms with Crippen molar-refractivity contribution >= 4 is 11.9 Å². The topological polar surface area (TPSA) is 87.7 Å². The Kier molecular flexibility index (Phi) is 6.52. The second kappa shape index (κ2) is 8.14. The molecule has 1 atom stereocenters. The van der Waals surface area contributed by atoms with E-state index in [1.165, 1.54) is 0 Å². The van der Waals surface area contributed by atoms with Crippen LogP contribution >= 0.6 is 0 Å². The Labute approximate surface area is 124 Å². The van der Waals surface area contributed by atoms with Crippen LogP contribution < -0.4 is 19.9 Å². The van der Waals surface area contributed by atoms with E-state index in [-0.39, 0.29) is 12.5 Å². The van der Waals surface area contributed by atoms with Crippen LogP contribution in [0.1, 0.15) is 20.8 Å². The van der Waals surface area contributed by atoms with Crippen LogP contribution in [-0.4, -0.2) is 31.1 Å². The van der Waals surface area contributed by atoms with Gasteiger partial charge in [-0.25, -0.2) is 0 Å². The van der Waals surface area contributed by atoms with Crippen molar-refractivity contribution in [3.8, 4) is 11.5 Å². The summed E-state index contributed by atoms with van der Waals surface area (Å²) in [5, 5.41) is 13.3. The standard InChI is InChI=1S/C15H21NO5/c1-4-20-11-7-5-6-8-12(11)21-9-13(17)16-14(10(2)3)15(18)19/h5-8,10,14H,4,9H2,1-3H3,(H,16,17)(H,18,19)/p-1/t14-/m1/s1. The third kappa shape index (κ3) is 5.33. The largest absolute Gasteiger partial charge is 0.548 e. The fourth-order valence-corrected chi connectivity index (χ4v) is 1.70. The van der Waals surface area contributed by atoms with Crippen LogP contribution in [0.5, 0.6) is 11.5 Å². The normalized spacial score (nSPS) is 11.8. The van der Waals surface area contributed by atoms with E-state index in [0.717, 1.165) is 0 Å². The predicted octanol–water partition coefficient (Wildman–Crippen LogP) is 0.355. The first-order valence-corrected chi connectivity index (χ1v) is 6.80. The van der Waals surface area contributed by atoms with Crippen molar-refractivity contribution in [3.05, 3.63) is 24.3 Å². The summed E-state index contributed by atoms with van der Waals surface area (Å²) in [4.78, 5) is 22.6. The number of hydrogen-bond acceptors (Lipinski definition) is 5. The first-order chi connectivity index (χ1) is 9.95. The van der Waals surface area contributed by atoms with Gasteiger partial charge >= 0.3 is 0 Å². The molecule has 1 aromatic carbocycles. The van der Waals surface area contributed by atoms with E-state index >= 15 is 0 Å². The average Bonchev–Trinajstić information content (AvgIpc) is 2.43. The van der Waals surface area contributed by atoms with Crippen molar-refractivity contribution in [2.24, 2.45) is 5.92 Å². The summed E-state index contributed by atoms with van der Waals surface area (Å²) in [6.45, 7) is 5.40. The van der Waals surface area contributed by atoms with Crippen LogP contribution in [-0.2, 0) is 9.59 Å². The second-order valence-corrected chi connectivity index (χ2v) is 4.78. The maximum Gasteiger partial charge on any atom is 0.258 e. The molecule has 6 nitrogen and oxygen atoms in total. The van der Waals surface area contributed by atoms with Crippen LogP contribution in [0.15, 0.2) is 24.3 Å². The Morgan fingerprint density at radius 1 is 1.19 bits per heavy atom. The molecule has 0 heterocycles. The lowest BCUT2D eigenvalue weighted by Crippen LogP contribution is -2.51. The number of para-hydroxylation sites is 2. The molecule has 6 heteroatoms. The highest BCUT2D eigenvalue weighted by atomic mass is 16.5. The van der Waals surface area contributed by atoms with E-state index in [0.29, 0.717) is 18.1 Å². The number of rotatable bonds is 8. The number of carboxylic acid groups (broad SMARTS) is 1. The fourth-order valence-electron chi connectivity index (χ4n) is 1.70. The van der Waals surface area contributed by atoms with Gasteiger partial charge in [-0.2, -0.15) is 0 Å². The van der Waals surface area contributed by atoms with Crippen LogP contribution in [0.25, 0.3) is 0 Å². The van der Waals surface area contributed by atoms with Gasteiger partial charge in [0.05, 0.1) is 18.6 Å². The van der Waals surface area contributed by atoms with Crippen molar-refractivity contribution in [2.45, 2.75) is 26.8 Å². The Hall–Kier alpha value is -2.24. The number of ether oxygens (including phenoxy) is 2. The zero-order valence-electron chi connectivity index (χ0n) is 12.4. The molecule has 0 unspecified atom stereocenters. The van der Waals surface area contributed by atoms with Crippen molar-refractivity contribution in [3.63, 3.8) is 0 Å². The zero-order valence-corrected chi connectivity index (χ0v) is 12.4. The summed E-state index contributed by atoms with van der Waals surface area (Å²) in [6, 6.07) is 5.92. The summed E-state index contributed by atoms with van der Waals surface area (Å²) < 4.78 is 10.7. The molecule has 0 aliphatic heterocycles. The maximum atomic E-state index is 11.7. The van der Waals surface area contributed by atoms with Crippen LogP contribution in [0.2, 0.25) is 0 Å². The van der Waals surface area contributed by atoms with E-state index in [4.69, 9.17) is 9.47 Å². The molecule has 116 valence electrons. The van der Waals surface area contributed by atoms with Crippen LogP contribution in [0.4, 0.5) is 0 Å². The van der Waals surface area contributed by atoms with Crippen molar-refractivity contribution in [1.29, 1.82) is 0 Å². The molecule has 0 fully saturated rings. The summed E-state index contributed by atoms with van der Waals surface area (Å²) in [7, 11) is 0. The third-order valence-corrected chi connectivity index (χ3v) is 2.74. The van der Waals surface area contributed by atoms with Gasteiger partial charge in [-0.05, 0) is 25.0 Å². The van der Waals surface area contributed by atoms with E-state index < -0.39 is 17.9 Å². The Balaban J connectivity index is 2.59. The molecule has 1 rings (SSSR count). The Bertz CT molecular complexity index is 487. The molecule has 0 saturated carbocycles. The number of hydrogen-bond donors (Lipinski definition) is 1. The summed E-state index contributed by atoms with van der Waals surface area (Å²) >= 11 is 0. The number of benzene rings is 1. The van der Waals surface area contributed by atoms with Crippen molar-refractivity contribution in [2.75, 3.05) is 13.2 Å². The molecule has 0 aliphatic carbocycles. The highest BCUT2D eigenvalue weighted by Gasteiger charge is 2.17.